The van der Waals surface area contributed by atoms with Gasteiger partial charge in [-0.05, 0) is 0 Å². The Morgan fingerprint density at radius 2 is 2.26 bits per heavy atom. The lowest BCUT2D eigenvalue weighted by Gasteiger charge is -2.05. The normalized spacial score (nSPS) is 12.8. The molecule has 9 heteroatoms. The van der Waals surface area contributed by atoms with Crippen molar-refractivity contribution in [3.63, 3.8) is 0 Å². The third kappa shape index (κ3) is 2.89. The molecule has 2 aromatic heterocycles. The molecule has 0 spiro atoms. The van der Waals surface area contributed by atoms with Gasteiger partial charge in [0.05, 0.1) is 19.8 Å². The van der Waals surface area contributed by atoms with E-state index in [1.807, 2.05) is 0 Å². The Labute approximate surface area is 108 Å². The number of aliphatic hydroxyl groups excluding tert-OH is 3. The quantitative estimate of drug-likeness (QED) is 0.320. The Bertz CT molecular complexity index is 557. The number of anilines is 2. The maximum atomic E-state index is 9.47. The zero-order valence-corrected chi connectivity index (χ0v) is 10.2. The second kappa shape index (κ2) is 5.78. The molecule has 1 atom stereocenters. The molecule has 0 bridgehead atoms. The van der Waals surface area contributed by atoms with Crippen molar-refractivity contribution < 1.29 is 19.9 Å². The largest absolute Gasteiger partial charge is 0.395 e. The number of hydrogen-bond donors (Lipinski definition) is 6. The first kappa shape index (κ1) is 13.5. The summed E-state index contributed by atoms with van der Waals surface area (Å²) in [5.74, 6) is 0.741. The van der Waals surface area contributed by atoms with E-state index in [2.05, 4.69) is 20.3 Å². The minimum atomic E-state index is -0.899. The molecule has 2 rings (SSSR count). The van der Waals surface area contributed by atoms with Gasteiger partial charge in [-0.3, -0.25) is 0 Å². The van der Waals surface area contributed by atoms with E-state index in [1.54, 1.807) is 4.57 Å². The minimum Gasteiger partial charge on any atom is -0.395 e. The number of nitrogens with one attached hydrogen (secondary N) is 2. The number of rotatable bonds is 6. The summed E-state index contributed by atoms with van der Waals surface area (Å²) in [6.07, 6.45) is 0.553. The Morgan fingerprint density at radius 3 is 2.95 bits per heavy atom. The van der Waals surface area contributed by atoms with E-state index in [0.29, 0.717) is 23.7 Å². The Balaban J connectivity index is 2.36. The highest BCUT2D eigenvalue weighted by Crippen LogP contribution is 2.14. The first-order valence-electron chi connectivity index (χ1n) is 5.83. The van der Waals surface area contributed by atoms with Crippen LogP contribution in [0.15, 0.2) is 6.33 Å². The summed E-state index contributed by atoms with van der Waals surface area (Å²) in [6, 6.07) is 0. The van der Waals surface area contributed by atoms with Crippen LogP contribution < -0.4 is 15.6 Å². The minimum absolute atomic E-state index is 0.0198. The van der Waals surface area contributed by atoms with Crippen LogP contribution in [0.3, 0.4) is 0 Å². The van der Waals surface area contributed by atoms with Crippen LogP contribution in [-0.2, 0) is 6.54 Å². The molecule has 19 heavy (non-hydrogen) atoms. The fourth-order valence-corrected chi connectivity index (χ4v) is 1.68. The van der Waals surface area contributed by atoms with Gasteiger partial charge in [0.2, 0.25) is 12.1 Å². The number of nitrogens with two attached hydrogens (primary N) is 1. The summed E-state index contributed by atoms with van der Waals surface area (Å²) in [6.45, 7) is 0.143. The fraction of sp³-hybridized carbons (Fsp3) is 0.500. The molecular formula is C10H17N6O3+. The highest BCUT2D eigenvalue weighted by Gasteiger charge is 2.19. The van der Waals surface area contributed by atoms with Gasteiger partial charge >= 0.3 is 0 Å². The third-order valence-electron chi connectivity index (χ3n) is 2.57. The summed E-state index contributed by atoms with van der Waals surface area (Å²) in [5, 5.41) is 30.0. The highest BCUT2D eigenvalue weighted by molar-refractivity contribution is 5.80. The molecule has 0 unspecified atom stereocenters. The monoisotopic (exact) mass is 269 g/mol. The molecule has 2 aromatic rings. The molecular weight excluding hydrogens is 252 g/mol. The molecule has 104 valence electrons. The lowest BCUT2D eigenvalue weighted by Crippen LogP contribution is -2.42. The van der Waals surface area contributed by atoms with Crippen molar-refractivity contribution in [1.82, 2.24) is 15.0 Å². The maximum Gasteiger partial charge on any atom is 0.296 e. The van der Waals surface area contributed by atoms with Crippen molar-refractivity contribution in [1.29, 1.82) is 0 Å². The van der Waals surface area contributed by atoms with Crippen molar-refractivity contribution in [2.75, 3.05) is 30.8 Å². The number of hydrogen-bond acceptors (Lipinski definition) is 7. The van der Waals surface area contributed by atoms with Crippen LogP contribution in [0.2, 0.25) is 0 Å². The molecule has 2 heterocycles. The standard InChI is InChI=1S/C10H16N6O3/c11-8-7-9(15-10(14-7)12-1-2-17)16(5-13-8)3-6(19)4-18/h5-6,17-19H,1-4H2,(H3,11,12,14,15)/p+1/t6-/m0/s1. The zero-order chi connectivity index (χ0) is 13.8. The van der Waals surface area contributed by atoms with Crippen LogP contribution in [0.4, 0.5) is 11.8 Å². The van der Waals surface area contributed by atoms with E-state index in [0.717, 1.165) is 0 Å². The number of imidazole rings is 1. The average molecular weight is 269 g/mol. The molecule has 0 aromatic carbocycles. The molecule has 0 saturated heterocycles. The van der Waals surface area contributed by atoms with Gasteiger partial charge in [0.1, 0.15) is 6.10 Å². The number of nitrogens with zero attached hydrogens (tertiary/aromatic N) is 3. The first-order chi connectivity index (χ1) is 9.15. The van der Waals surface area contributed by atoms with Gasteiger partial charge in [-0.15, -0.1) is 0 Å². The van der Waals surface area contributed by atoms with E-state index in [9.17, 15) is 5.11 Å². The first-order valence-corrected chi connectivity index (χ1v) is 5.83. The Morgan fingerprint density at radius 1 is 1.47 bits per heavy atom. The number of nitrogen functional groups attached to an aromatic ring is 1. The Hall–Kier alpha value is -1.97. The van der Waals surface area contributed by atoms with Crippen LogP contribution in [-0.4, -0.2) is 56.1 Å². The van der Waals surface area contributed by atoms with Crippen LogP contribution in [0.25, 0.3) is 11.2 Å². The van der Waals surface area contributed by atoms with Crippen molar-refractivity contribution >= 4 is 22.9 Å². The fourth-order valence-electron chi connectivity index (χ4n) is 1.68. The summed E-state index contributed by atoms with van der Waals surface area (Å²) in [4.78, 5) is 11.2. The number of aliphatic hydroxyl groups is 3. The maximum absolute atomic E-state index is 9.47. The summed E-state index contributed by atoms with van der Waals surface area (Å²) in [7, 11) is 0. The van der Waals surface area contributed by atoms with Crippen molar-refractivity contribution in [3.05, 3.63) is 6.33 Å². The van der Waals surface area contributed by atoms with E-state index >= 15 is 0 Å². The molecule has 7 N–H and O–H groups in total. The van der Waals surface area contributed by atoms with Gasteiger partial charge in [0, 0.05) is 6.54 Å². The average Bonchev–Trinajstić information content (AvgIpc) is 2.84. The Kier molecular flexibility index (Phi) is 4.10. The summed E-state index contributed by atoms with van der Waals surface area (Å²) >= 11 is 0. The summed E-state index contributed by atoms with van der Waals surface area (Å²) in [5.41, 5.74) is 6.80. The van der Waals surface area contributed by atoms with Crippen LogP contribution in [0, 0.1) is 0 Å². The van der Waals surface area contributed by atoms with Crippen LogP contribution in [0.5, 0.6) is 0 Å². The van der Waals surface area contributed by atoms with E-state index in [1.165, 1.54) is 6.33 Å². The van der Waals surface area contributed by atoms with E-state index < -0.39 is 6.10 Å². The van der Waals surface area contributed by atoms with Gasteiger partial charge in [-0.25, -0.2) is 4.57 Å². The number of aromatic nitrogens is 4. The molecule has 0 aliphatic heterocycles. The SMILES string of the molecule is Nc1nc[n+](C[C@H](O)CO)c2nc(NCCO)[nH]c12. The van der Waals surface area contributed by atoms with Gasteiger partial charge in [-0.1, -0.05) is 9.97 Å². The van der Waals surface area contributed by atoms with Crippen molar-refractivity contribution in [2.24, 2.45) is 0 Å². The van der Waals surface area contributed by atoms with E-state index in [4.69, 9.17) is 15.9 Å². The number of H-pyrrole nitrogens is 1. The smallest absolute Gasteiger partial charge is 0.296 e. The molecule has 0 aliphatic rings. The van der Waals surface area contributed by atoms with Crippen molar-refractivity contribution in [2.45, 2.75) is 12.6 Å². The molecule has 0 saturated carbocycles. The second-order valence-corrected chi connectivity index (χ2v) is 4.05. The van der Waals surface area contributed by atoms with Crippen LogP contribution >= 0.6 is 0 Å². The third-order valence-corrected chi connectivity index (χ3v) is 2.57. The predicted octanol–water partition coefficient (Wildman–Crippen LogP) is -2.41. The van der Waals surface area contributed by atoms with Gasteiger partial charge in [0.15, 0.2) is 5.52 Å². The molecule has 0 aliphatic carbocycles. The van der Waals surface area contributed by atoms with Gasteiger partial charge in [0.25, 0.3) is 11.6 Å². The zero-order valence-electron chi connectivity index (χ0n) is 10.2. The lowest BCUT2D eigenvalue weighted by molar-refractivity contribution is -0.683. The summed E-state index contributed by atoms with van der Waals surface area (Å²) < 4.78 is 1.59. The van der Waals surface area contributed by atoms with Gasteiger partial charge < -0.3 is 31.4 Å². The van der Waals surface area contributed by atoms with Crippen LogP contribution in [0.1, 0.15) is 0 Å². The van der Waals surface area contributed by atoms with E-state index in [-0.39, 0.29) is 25.6 Å². The van der Waals surface area contributed by atoms with Gasteiger partial charge in [-0.2, -0.15) is 0 Å². The highest BCUT2D eigenvalue weighted by atomic mass is 16.3. The molecule has 9 nitrogen and oxygen atoms in total. The predicted molar refractivity (Wildman–Crippen MR) is 67.2 cm³/mol. The molecule has 0 amide bonds. The number of aromatic amines is 1. The second-order valence-electron chi connectivity index (χ2n) is 4.05. The topological polar surface area (TPSA) is 144 Å². The molecule has 0 fully saturated rings. The molecule has 0 radical (unpaired) electrons. The van der Waals surface area contributed by atoms with Crippen molar-refractivity contribution in [3.8, 4) is 0 Å². The number of fused-ring (bicyclic) bond motifs is 1. The lowest BCUT2D eigenvalue weighted by atomic mass is 10.3.